The van der Waals surface area contributed by atoms with Gasteiger partial charge in [-0.25, -0.2) is 4.98 Å². The van der Waals surface area contributed by atoms with E-state index in [0.717, 1.165) is 30.5 Å². The highest BCUT2D eigenvalue weighted by molar-refractivity contribution is 5.50. The van der Waals surface area contributed by atoms with Crippen LogP contribution in [0.5, 0.6) is 5.75 Å². The largest absolute Gasteiger partial charge is 0.490 e. The number of rotatable bonds is 5. The number of anilines is 1. The smallest absolute Gasteiger partial charge is 0.168 e. The summed E-state index contributed by atoms with van der Waals surface area (Å²) >= 11 is 0. The quantitative estimate of drug-likeness (QED) is 0.867. The molecule has 1 N–H and O–H groups in total. The Hall–Kier alpha value is -1.25. The van der Waals surface area contributed by atoms with E-state index >= 15 is 0 Å². The van der Waals surface area contributed by atoms with Crippen LogP contribution in [-0.2, 0) is 0 Å². The standard InChI is InChI=1S/C16H26N2O/c1-4-10-19-15-6-5-9-17-16(15)18-14-8-7-12(2)11-13(14)3/h5-6,9,12-14H,4,7-8,10-11H2,1-3H3,(H,17,18). The van der Waals surface area contributed by atoms with Crippen molar-refractivity contribution in [1.82, 2.24) is 4.98 Å². The van der Waals surface area contributed by atoms with Crippen molar-refractivity contribution in [3.8, 4) is 5.75 Å². The molecule has 0 spiro atoms. The van der Waals surface area contributed by atoms with E-state index in [0.29, 0.717) is 12.0 Å². The molecule has 1 aliphatic carbocycles. The second-order valence-corrected chi connectivity index (χ2v) is 5.84. The summed E-state index contributed by atoms with van der Waals surface area (Å²) in [4.78, 5) is 4.44. The molecule has 3 atom stereocenters. The van der Waals surface area contributed by atoms with Crippen LogP contribution in [0.25, 0.3) is 0 Å². The number of ether oxygens (including phenoxy) is 1. The molecule has 3 nitrogen and oxygen atoms in total. The maximum atomic E-state index is 5.76. The average molecular weight is 262 g/mol. The Bertz CT molecular complexity index is 394. The normalized spacial score (nSPS) is 27.0. The van der Waals surface area contributed by atoms with Crippen molar-refractivity contribution in [3.05, 3.63) is 18.3 Å². The highest BCUT2D eigenvalue weighted by atomic mass is 16.5. The topological polar surface area (TPSA) is 34.1 Å². The van der Waals surface area contributed by atoms with Gasteiger partial charge >= 0.3 is 0 Å². The Labute approximate surface area is 116 Å². The van der Waals surface area contributed by atoms with Crippen LogP contribution < -0.4 is 10.1 Å². The van der Waals surface area contributed by atoms with Gasteiger partial charge in [-0.1, -0.05) is 20.8 Å². The first-order valence-corrected chi connectivity index (χ1v) is 7.55. The third kappa shape index (κ3) is 3.85. The first kappa shape index (κ1) is 14.2. The number of nitrogens with one attached hydrogen (secondary N) is 1. The lowest BCUT2D eigenvalue weighted by molar-refractivity contribution is 0.274. The van der Waals surface area contributed by atoms with E-state index in [1.165, 1.54) is 19.3 Å². The van der Waals surface area contributed by atoms with Crippen LogP contribution in [0, 0.1) is 11.8 Å². The van der Waals surface area contributed by atoms with Crippen molar-refractivity contribution in [3.63, 3.8) is 0 Å². The first-order chi connectivity index (χ1) is 9.20. The van der Waals surface area contributed by atoms with Gasteiger partial charge in [0.15, 0.2) is 11.6 Å². The third-order valence-corrected chi connectivity index (χ3v) is 3.99. The molecule has 1 aromatic heterocycles. The van der Waals surface area contributed by atoms with Crippen LogP contribution in [0.15, 0.2) is 18.3 Å². The fraction of sp³-hybridized carbons (Fsp3) is 0.688. The van der Waals surface area contributed by atoms with Gasteiger partial charge in [-0.3, -0.25) is 0 Å². The van der Waals surface area contributed by atoms with Gasteiger partial charge in [-0.2, -0.15) is 0 Å². The molecule has 0 saturated heterocycles. The zero-order chi connectivity index (χ0) is 13.7. The summed E-state index contributed by atoms with van der Waals surface area (Å²) in [5.41, 5.74) is 0. The lowest BCUT2D eigenvalue weighted by Gasteiger charge is -2.33. The fourth-order valence-electron chi connectivity index (χ4n) is 2.88. The maximum Gasteiger partial charge on any atom is 0.168 e. The van der Waals surface area contributed by atoms with Crippen LogP contribution in [0.1, 0.15) is 46.5 Å². The maximum absolute atomic E-state index is 5.76. The molecule has 3 unspecified atom stereocenters. The van der Waals surface area contributed by atoms with Crippen molar-refractivity contribution < 1.29 is 4.74 Å². The zero-order valence-electron chi connectivity index (χ0n) is 12.4. The molecule has 0 bridgehead atoms. The molecule has 1 heterocycles. The molecule has 3 heteroatoms. The minimum absolute atomic E-state index is 0.523. The summed E-state index contributed by atoms with van der Waals surface area (Å²) in [6.07, 6.45) is 6.69. The predicted molar refractivity (Wildman–Crippen MR) is 79.6 cm³/mol. The van der Waals surface area contributed by atoms with Gasteiger partial charge in [-0.05, 0) is 49.7 Å². The predicted octanol–water partition coefficient (Wildman–Crippen LogP) is 4.11. The molecule has 2 rings (SSSR count). The number of hydrogen-bond acceptors (Lipinski definition) is 3. The molecule has 19 heavy (non-hydrogen) atoms. The van der Waals surface area contributed by atoms with Crippen LogP contribution >= 0.6 is 0 Å². The highest BCUT2D eigenvalue weighted by Gasteiger charge is 2.26. The molecule has 0 radical (unpaired) electrons. The fourth-order valence-corrected chi connectivity index (χ4v) is 2.88. The van der Waals surface area contributed by atoms with Gasteiger partial charge in [-0.15, -0.1) is 0 Å². The molecule has 0 amide bonds. The number of pyridine rings is 1. The van der Waals surface area contributed by atoms with Gasteiger partial charge in [0, 0.05) is 12.2 Å². The van der Waals surface area contributed by atoms with Gasteiger partial charge in [0.1, 0.15) is 0 Å². The van der Waals surface area contributed by atoms with E-state index in [9.17, 15) is 0 Å². The summed E-state index contributed by atoms with van der Waals surface area (Å²) < 4.78 is 5.76. The van der Waals surface area contributed by atoms with Crippen LogP contribution in [0.2, 0.25) is 0 Å². The minimum atomic E-state index is 0.523. The van der Waals surface area contributed by atoms with Crippen molar-refractivity contribution in [2.24, 2.45) is 11.8 Å². The monoisotopic (exact) mass is 262 g/mol. The second kappa shape index (κ2) is 6.78. The molecular weight excluding hydrogens is 236 g/mol. The Morgan fingerprint density at radius 3 is 2.95 bits per heavy atom. The summed E-state index contributed by atoms with van der Waals surface area (Å²) in [6.45, 7) is 7.55. The van der Waals surface area contributed by atoms with E-state index in [-0.39, 0.29) is 0 Å². The van der Waals surface area contributed by atoms with E-state index in [1.54, 1.807) is 0 Å². The van der Waals surface area contributed by atoms with E-state index < -0.39 is 0 Å². The number of hydrogen-bond donors (Lipinski definition) is 1. The van der Waals surface area contributed by atoms with Crippen LogP contribution in [-0.4, -0.2) is 17.6 Å². The molecule has 1 fully saturated rings. The van der Waals surface area contributed by atoms with Gasteiger partial charge < -0.3 is 10.1 Å². The second-order valence-electron chi connectivity index (χ2n) is 5.84. The summed E-state index contributed by atoms with van der Waals surface area (Å²) in [6, 6.07) is 4.46. The highest BCUT2D eigenvalue weighted by Crippen LogP contribution is 2.32. The molecule has 0 aliphatic heterocycles. The number of aromatic nitrogens is 1. The SMILES string of the molecule is CCCOc1cccnc1NC1CCC(C)CC1C. The van der Waals surface area contributed by atoms with Gasteiger partial charge in [0.25, 0.3) is 0 Å². The van der Waals surface area contributed by atoms with Gasteiger partial charge in [0.05, 0.1) is 6.61 Å². The Morgan fingerprint density at radius 1 is 1.37 bits per heavy atom. The van der Waals surface area contributed by atoms with Crippen LogP contribution in [0.3, 0.4) is 0 Å². The lowest BCUT2D eigenvalue weighted by atomic mass is 9.80. The summed E-state index contributed by atoms with van der Waals surface area (Å²) in [5.74, 6) is 3.34. The Kier molecular flexibility index (Phi) is 5.06. The summed E-state index contributed by atoms with van der Waals surface area (Å²) in [7, 11) is 0. The van der Waals surface area contributed by atoms with E-state index in [1.807, 2.05) is 18.3 Å². The van der Waals surface area contributed by atoms with Crippen LogP contribution in [0.4, 0.5) is 5.82 Å². The third-order valence-electron chi connectivity index (χ3n) is 3.99. The van der Waals surface area contributed by atoms with Gasteiger partial charge in [0.2, 0.25) is 0 Å². The van der Waals surface area contributed by atoms with Crippen molar-refractivity contribution in [2.45, 2.75) is 52.5 Å². The first-order valence-electron chi connectivity index (χ1n) is 7.55. The number of nitrogens with zero attached hydrogens (tertiary/aromatic N) is 1. The molecule has 106 valence electrons. The molecule has 1 aliphatic rings. The zero-order valence-corrected chi connectivity index (χ0v) is 12.4. The minimum Gasteiger partial charge on any atom is -0.490 e. The molecular formula is C16H26N2O. The lowest BCUT2D eigenvalue weighted by Crippen LogP contribution is -2.33. The average Bonchev–Trinajstić information content (AvgIpc) is 2.41. The summed E-state index contributed by atoms with van der Waals surface area (Å²) in [5, 5.41) is 3.59. The Morgan fingerprint density at radius 2 is 2.21 bits per heavy atom. The van der Waals surface area contributed by atoms with Crippen molar-refractivity contribution in [1.29, 1.82) is 0 Å². The van der Waals surface area contributed by atoms with Crippen molar-refractivity contribution >= 4 is 5.82 Å². The van der Waals surface area contributed by atoms with E-state index in [2.05, 4.69) is 31.1 Å². The van der Waals surface area contributed by atoms with Crippen molar-refractivity contribution in [2.75, 3.05) is 11.9 Å². The Balaban J connectivity index is 2.01. The molecule has 1 saturated carbocycles. The molecule has 1 aromatic rings. The molecule has 0 aromatic carbocycles. The van der Waals surface area contributed by atoms with E-state index in [4.69, 9.17) is 4.74 Å².